The highest BCUT2D eigenvalue weighted by atomic mass is 16.5. The van der Waals surface area contributed by atoms with Gasteiger partial charge in [-0.15, -0.1) is 0 Å². The molecule has 5 heteroatoms. The molecule has 0 bridgehead atoms. The van der Waals surface area contributed by atoms with Crippen LogP contribution in [0.25, 0.3) is 0 Å². The van der Waals surface area contributed by atoms with Gasteiger partial charge in [0, 0.05) is 25.6 Å². The molecule has 16 heavy (non-hydrogen) atoms. The van der Waals surface area contributed by atoms with E-state index < -0.39 is 0 Å². The molecule has 3 amide bonds. The number of imide groups is 1. The molecule has 0 aromatic heterocycles. The minimum Gasteiger partial charge on any atom is -0.379 e. The first-order chi connectivity index (χ1) is 7.65. The van der Waals surface area contributed by atoms with E-state index in [1.807, 2.05) is 13.8 Å². The Morgan fingerprint density at radius 2 is 2.19 bits per heavy atom. The zero-order chi connectivity index (χ0) is 11.7. The lowest BCUT2D eigenvalue weighted by molar-refractivity contribution is -0.134. The molecule has 2 aliphatic rings. The lowest BCUT2D eigenvalue weighted by Gasteiger charge is -2.40. The first-order valence-electron chi connectivity index (χ1n) is 5.85. The number of carbonyl (C=O) groups excluding carboxylic acids is 2. The van der Waals surface area contributed by atoms with Crippen molar-refractivity contribution in [2.75, 3.05) is 19.8 Å². The number of urea groups is 1. The number of hydrogen-bond acceptors (Lipinski definition) is 3. The predicted octanol–water partition coefficient (Wildman–Crippen LogP) is 0.838. The van der Waals surface area contributed by atoms with Gasteiger partial charge in [-0.2, -0.15) is 0 Å². The first kappa shape index (κ1) is 11.4. The summed E-state index contributed by atoms with van der Waals surface area (Å²) in [5.41, 5.74) is 0. The Hall–Kier alpha value is -1.10. The van der Waals surface area contributed by atoms with E-state index in [1.165, 1.54) is 4.90 Å². The van der Waals surface area contributed by atoms with Gasteiger partial charge in [-0.25, -0.2) is 4.79 Å². The molecule has 0 saturated carbocycles. The van der Waals surface area contributed by atoms with E-state index in [9.17, 15) is 9.59 Å². The molecule has 5 nitrogen and oxygen atoms in total. The Labute approximate surface area is 95.3 Å². The van der Waals surface area contributed by atoms with E-state index in [0.717, 1.165) is 6.42 Å². The van der Waals surface area contributed by atoms with Crippen LogP contribution in [0.5, 0.6) is 0 Å². The number of hydrogen-bond donors (Lipinski definition) is 0. The molecular formula is C11H18N2O3. The third kappa shape index (κ3) is 1.80. The van der Waals surface area contributed by atoms with E-state index in [-0.39, 0.29) is 24.0 Å². The second-order valence-corrected chi connectivity index (χ2v) is 4.40. The summed E-state index contributed by atoms with van der Waals surface area (Å²) < 4.78 is 5.24. The van der Waals surface area contributed by atoms with Crippen molar-refractivity contribution in [3.8, 4) is 0 Å². The van der Waals surface area contributed by atoms with Crippen LogP contribution in [-0.2, 0) is 9.53 Å². The SMILES string of the molecule is CCN1C(=O)N(C2CCOC2)C(=O)CC1C. The van der Waals surface area contributed by atoms with E-state index in [4.69, 9.17) is 4.74 Å². The van der Waals surface area contributed by atoms with Crippen molar-refractivity contribution in [2.45, 2.75) is 38.8 Å². The van der Waals surface area contributed by atoms with Crippen LogP contribution in [0.1, 0.15) is 26.7 Å². The molecular weight excluding hydrogens is 208 g/mol. The zero-order valence-electron chi connectivity index (χ0n) is 9.81. The van der Waals surface area contributed by atoms with Gasteiger partial charge in [0.15, 0.2) is 0 Å². The number of amides is 3. The molecule has 0 aliphatic carbocycles. The van der Waals surface area contributed by atoms with Crippen LogP contribution in [-0.4, -0.2) is 53.6 Å². The van der Waals surface area contributed by atoms with Gasteiger partial charge >= 0.3 is 6.03 Å². The van der Waals surface area contributed by atoms with Crippen molar-refractivity contribution >= 4 is 11.9 Å². The summed E-state index contributed by atoms with van der Waals surface area (Å²) in [7, 11) is 0. The summed E-state index contributed by atoms with van der Waals surface area (Å²) >= 11 is 0. The number of nitrogens with zero attached hydrogens (tertiary/aromatic N) is 2. The van der Waals surface area contributed by atoms with Crippen molar-refractivity contribution in [3.63, 3.8) is 0 Å². The topological polar surface area (TPSA) is 49.9 Å². The molecule has 2 rings (SSSR count). The summed E-state index contributed by atoms with van der Waals surface area (Å²) in [6.07, 6.45) is 1.19. The van der Waals surface area contributed by atoms with E-state index in [1.54, 1.807) is 4.90 Å². The van der Waals surface area contributed by atoms with Crippen LogP contribution in [0.4, 0.5) is 4.79 Å². The molecule has 0 radical (unpaired) electrons. The van der Waals surface area contributed by atoms with Crippen molar-refractivity contribution in [1.82, 2.24) is 9.80 Å². The maximum Gasteiger partial charge on any atom is 0.327 e. The van der Waals surface area contributed by atoms with Crippen molar-refractivity contribution in [3.05, 3.63) is 0 Å². The normalized spacial score (nSPS) is 31.4. The lowest BCUT2D eigenvalue weighted by atomic mass is 10.1. The Bertz CT molecular complexity index is 300. The van der Waals surface area contributed by atoms with Gasteiger partial charge < -0.3 is 9.64 Å². The van der Waals surface area contributed by atoms with Crippen LogP contribution < -0.4 is 0 Å². The molecule has 2 saturated heterocycles. The highest BCUT2D eigenvalue weighted by Crippen LogP contribution is 2.22. The molecule has 0 spiro atoms. The van der Waals surface area contributed by atoms with Gasteiger partial charge in [0.2, 0.25) is 5.91 Å². The zero-order valence-corrected chi connectivity index (χ0v) is 9.81. The summed E-state index contributed by atoms with van der Waals surface area (Å²) in [5, 5.41) is 0. The van der Waals surface area contributed by atoms with E-state index in [0.29, 0.717) is 26.2 Å². The highest BCUT2D eigenvalue weighted by molar-refractivity contribution is 5.97. The van der Waals surface area contributed by atoms with Crippen molar-refractivity contribution in [1.29, 1.82) is 0 Å². The van der Waals surface area contributed by atoms with Gasteiger partial charge in [-0.1, -0.05) is 0 Å². The van der Waals surface area contributed by atoms with Crippen LogP contribution in [0.15, 0.2) is 0 Å². The maximum absolute atomic E-state index is 12.1. The summed E-state index contributed by atoms with van der Waals surface area (Å²) in [4.78, 5) is 27.2. The molecule has 2 unspecified atom stereocenters. The number of rotatable bonds is 2. The average Bonchev–Trinajstić information content (AvgIpc) is 2.70. The minimum atomic E-state index is -0.151. The Balaban J connectivity index is 2.16. The lowest BCUT2D eigenvalue weighted by Crippen LogP contribution is -2.59. The summed E-state index contributed by atoms with van der Waals surface area (Å²) in [6, 6.07) is -0.188. The summed E-state index contributed by atoms with van der Waals surface area (Å²) in [6.45, 7) is 5.64. The fourth-order valence-electron chi connectivity index (χ4n) is 2.43. The van der Waals surface area contributed by atoms with Gasteiger partial charge in [-0.05, 0) is 20.3 Å². The monoisotopic (exact) mass is 226 g/mol. The quantitative estimate of drug-likeness (QED) is 0.701. The second-order valence-electron chi connectivity index (χ2n) is 4.40. The van der Waals surface area contributed by atoms with Gasteiger partial charge in [0.25, 0.3) is 0 Å². The van der Waals surface area contributed by atoms with Crippen LogP contribution >= 0.6 is 0 Å². The average molecular weight is 226 g/mol. The smallest absolute Gasteiger partial charge is 0.327 e. The van der Waals surface area contributed by atoms with E-state index in [2.05, 4.69) is 0 Å². The molecule has 2 fully saturated rings. The third-order valence-corrected chi connectivity index (χ3v) is 3.33. The number of ether oxygens (including phenoxy) is 1. The largest absolute Gasteiger partial charge is 0.379 e. The van der Waals surface area contributed by atoms with Gasteiger partial charge in [-0.3, -0.25) is 9.69 Å². The fourth-order valence-corrected chi connectivity index (χ4v) is 2.43. The van der Waals surface area contributed by atoms with Crippen molar-refractivity contribution < 1.29 is 14.3 Å². The van der Waals surface area contributed by atoms with Crippen LogP contribution in [0, 0.1) is 0 Å². The summed E-state index contributed by atoms with van der Waals surface area (Å²) in [5.74, 6) is -0.0577. The molecule has 2 heterocycles. The highest BCUT2D eigenvalue weighted by Gasteiger charge is 2.40. The molecule has 90 valence electrons. The van der Waals surface area contributed by atoms with Crippen LogP contribution in [0.2, 0.25) is 0 Å². The molecule has 2 aliphatic heterocycles. The van der Waals surface area contributed by atoms with E-state index >= 15 is 0 Å². The standard InChI is InChI=1S/C11H18N2O3/c1-3-12-8(2)6-10(14)13(11(12)15)9-4-5-16-7-9/h8-9H,3-7H2,1-2H3. The molecule has 2 atom stereocenters. The van der Waals surface area contributed by atoms with Gasteiger partial charge in [0.05, 0.1) is 12.6 Å². The Morgan fingerprint density at radius 1 is 1.44 bits per heavy atom. The molecule has 0 aromatic rings. The predicted molar refractivity (Wildman–Crippen MR) is 57.9 cm³/mol. The van der Waals surface area contributed by atoms with Crippen LogP contribution in [0.3, 0.4) is 0 Å². The minimum absolute atomic E-state index is 0.0172. The number of carbonyl (C=O) groups is 2. The molecule has 0 aromatic carbocycles. The first-order valence-corrected chi connectivity index (χ1v) is 5.85. The Kier molecular flexibility index (Phi) is 3.14. The molecule has 0 N–H and O–H groups in total. The second kappa shape index (κ2) is 4.41. The van der Waals surface area contributed by atoms with Crippen molar-refractivity contribution in [2.24, 2.45) is 0 Å². The van der Waals surface area contributed by atoms with Gasteiger partial charge in [0.1, 0.15) is 0 Å². The third-order valence-electron chi connectivity index (χ3n) is 3.33. The fraction of sp³-hybridized carbons (Fsp3) is 0.818. The maximum atomic E-state index is 12.1. The Morgan fingerprint density at radius 3 is 2.75 bits per heavy atom.